The fraction of sp³-hybridized carbons (Fsp3) is 0.875. The number of nitrogens with zero attached hydrogens (tertiary/aromatic N) is 3. The molecule has 2 aliphatic heterocycles. The lowest BCUT2D eigenvalue weighted by atomic mass is 9.65. The summed E-state index contributed by atoms with van der Waals surface area (Å²) in [5.74, 6) is 0.610. The molecule has 0 aromatic rings. The number of piperazine rings is 1. The van der Waals surface area contributed by atoms with Crippen molar-refractivity contribution in [3.63, 3.8) is 0 Å². The number of imide groups is 1. The summed E-state index contributed by atoms with van der Waals surface area (Å²) in [5, 5.41) is 6.06. The van der Waals surface area contributed by atoms with E-state index in [1.165, 1.54) is 4.90 Å². The van der Waals surface area contributed by atoms with Gasteiger partial charge in [-0.3, -0.25) is 19.4 Å². The molecule has 3 aliphatic rings. The van der Waals surface area contributed by atoms with Gasteiger partial charge in [-0.2, -0.15) is 0 Å². The van der Waals surface area contributed by atoms with Crippen LogP contribution in [0.4, 0.5) is 4.79 Å². The minimum Gasteiger partial charge on any atom is -0.353 e. The topological polar surface area (TPSA) is 85.0 Å². The van der Waals surface area contributed by atoms with Crippen molar-refractivity contribution < 1.29 is 14.4 Å². The van der Waals surface area contributed by atoms with Crippen LogP contribution in [0.1, 0.15) is 73.1 Å². The summed E-state index contributed by atoms with van der Waals surface area (Å²) in [6, 6.07) is -0.0579. The van der Waals surface area contributed by atoms with Gasteiger partial charge in [0, 0.05) is 32.2 Å². The summed E-state index contributed by atoms with van der Waals surface area (Å²) in [5.41, 5.74) is -0.425. The van der Waals surface area contributed by atoms with Crippen LogP contribution in [-0.2, 0) is 9.59 Å². The molecular formula is C24H43N5O3. The van der Waals surface area contributed by atoms with Crippen LogP contribution < -0.4 is 10.6 Å². The van der Waals surface area contributed by atoms with Gasteiger partial charge in [0.1, 0.15) is 5.54 Å². The molecular weight excluding hydrogens is 406 g/mol. The standard InChI is InChI=1S/C24H43N5O3/c1-6-18(3)25-20(30)16-27-12-14-28(15-13-27)17-29-21(31)24(26-22(29)32)10-8-19(9-11-24)23(4,5)7-2/h18-19H,6-17H2,1-5H3,(H,25,30)(H,26,32)/t18-,19?,24?/m1/s1. The molecule has 1 saturated carbocycles. The Balaban J connectivity index is 1.48. The van der Waals surface area contributed by atoms with E-state index in [0.717, 1.165) is 64.7 Å². The van der Waals surface area contributed by atoms with Gasteiger partial charge in [0.15, 0.2) is 0 Å². The van der Waals surface area contributed by atoms with Crippen LogP contribution in [0.2, 0.25) is 0 Å². The second kappa shape index (κ2) is 10.1. The van der Waals surface area contributed by atoms with E-state index in [2.05, 4.69) is 48.1 Å². The van der Waals surface area contributed by atoms with E-state index in [1.54, 1.807) is 0 Å². The number of hydrogen-bond acceptors (Lipinski definition) is 5. The lowest BCUT2D eigenvalue weighted by Gasteiger charge is -2.42. The second-order valence-electron chi connectivity index (χ2n) is 10.8. The summed E-state index contributed by atoms with van der Waals surface area (Å²) in [7, 11) is 0. The largest absolute Gasteiger partial charge is 0.353 e. The van der Waals surface area contributed by atoms with E-state index >= 15 is 0 Å². The molecule has 1 aliphatic carbocycles. The zero-order valence-electron chi connectivity index (χ0n) is 20.7. The Morgan fingerprint density at radius 2 is 1.72 bits per heavy atom. The third-order valence-corrected chi connectivity index (χ3v) is 8.29. The van der Waals surface area contributed by atoms with E-state index in [-0.39, 0.29) is 29.3 Å². The lowest BCUT2D eigenvalue weighted by Crippen LogP contribution is -2.54. The third kappa shape index (κ3) is 5.45. The van der Waals surface area contributed by atoms with Crippen molar-refractivity contribution in [2.24, 2.45) is 11.3 Å². The average molecular weight is 450 g/mol. The number of carbonyl (C=O) groups is 3. The molecule has 0 aromatic heterocycles. The molecule has 0 bridgehead atoms. The normalized spacial score (nSPS) is 28.8. The number of rotatable bonds is 8. The Hall–Kier alpha value is -1.67. The van der Waals surface area contributed by atoms with Crippen LogP contribution in [0.25, 0.3) is 0 Å². The highest BCUT2D eigenvalue weighted by Gasteiger charge is 2.53. The first kappa shape index (κ1) is 25.0. The van der Waals surface area contributed by atoms with Gasteiger partial charge < -0.3 is 10.6 Å². The number of urea groups is 1. The summed E-state index contributed by atoms with van der Waals surface area (Å²) >= 11 is 0. The molecule has 8 heteroatoms. The molecule has 2 saturated heterocycles. The molecule has 1 spiro atoms. The van der Waals surface area contributed by atoms with Crippen molar-refractivity contribution >= 4 is 17.8 Å². The Bertz CT molecular complexity index is 694. The van der Waals surface area contributed by atoms with Crippen molar-refractivity contribution in [2.45, 2.75) is 84.7 Å². The van der Waals surface area contributed by atoms with E-state index < -0.39 is 5.54 Å². The van der Waals surface area contributed by atoms with Gasteiger partial charge in [-0.05, 0) is 50.4 Å². The van der Waals surface area contributed by atoms with Crippen molar-refractivity contribution in [2.75, 3.05) is 39.4 Å². The van der Waals surface area contributed by atoms with Crippen LogP contribution in [0.3, 0.4) is 0 Å². The lowest BCUT2D eigenvalue weighted by molar-refractivity contribution is -0.134. The molecule has 1 atom stereocenters. The average Bonchev–Trinajstić information content (AvgIpc) is 2.99. The monoisotopic (exact) mass is 449 g/mol. The van der Waals surface area contributed by atoms with Gasteiger partial charge in [-0.25, -0.2) is 9.69 Å². The predicted molar refractivity (Wildman–Crippen MR) is 125 cm³/mol. The zero-order chi connectivity index (χ0) is 23.5. The Morgan fingerprint density at radius 3 is 2.28 bits per heavy atom. The van der Waals surface area contributed by atoms with Crippen LogP contribution in [0, 0.1) is 11.3 Å². The highest BCUT2D eigenvalue weighted by atomic mass is 16.2. The zero-order valence-corrected chi connectivity index (χ0v) is 20.7. The van der Waals surface area contributed by atoms with E-state index in [1.807, 2.05) is 6.92 Å². The second-order valence-corrected chi connectivity index (χ2v) is 10.8. The molecule has 3 fully saturated rings. The molecule has 3 rings (SSSR count). The number of amides is 4. The maximum Gasteiger partial charge on any atom is 0.326 e. The minimum absolute atomic E-state index is 0.0504. The summed E-state index contributed by atoms with van der Waals surface area (Å²) < 4.78 is 0. The third-order valence-electron chi connectivity index (χ3n) is 8.29. The minimum atomic E-state index is -0.701. The van der Waals surface area contributed by atoms with Crippen molar-refractivity contribution in [1.82, 2.24) is 25.3 Å². The van der Waals surface area contributed by atoms with Crippen molar-refractivity contribution in [1.29, 1.82) is 0 Å². The highest BCUT2D eigenvalue weighted by Crippen LogP contribution is 2.45. The smallest absolute Gasteiger partial charge is 0.326 e. The van der Waals surface area contributed by atoms with Crippen LogP contribution in [0.15, 0.2) is 0 Å². The first-order chi connectivity index (χ1) is 15.1. The van der Waals surface area contributed by atoms with Gasteiger partial charge in [0.25, 0.3) is 5.91 Å². The number of nitrogens with one attached hydrogen (secondary N) is 2. The highest BCUT2D eigenvalue weighted by molar-refractivity contribution is 6.07. The molecule has 2 heterocycles. The molecule has 0 unspecified atom stereocenters. The Labute approximate surface area is 193 Å². The van der Waals surface area contributed by atoms with Gasteiger partial charge in [0.2, 0.25) is 5.91 Å². The fourth-order valence-corrected chi connectivity index (χ4v) is 5.24. The van der Waals surface area contributed by atoms with Crippen molar-refractivity contribution in [3.8, 4) is 0 Å². The van der Waals surface area contributed by atoms with Crippen molar-refractivity contribution in [3.05, 3.63) is 0 Å². The first-order valence-corrected chi connectivity index (χ1v) is 12.5. The molecule has 2 N–H and O–H groups in total. The molecule has 4 amide bonds. The number of hydrogen-bond donors (Lipinski definition) is 2. The molecule has 0 aromatic carbocycles. The Kier molecular flexibility index (Phi) is 7.86. The van der Waals surface area contributed by atoms with Gasteiger partial charge in [0.05, 0.1) is 13.2 Å². The predicted octanol–water partition coefficient (Wildman–Crippen LogP) is 2.39. The molecule has 32 heavy (non-hydrogen) atoms. The Morgan fingerprint density at radius 1 is 1.12 bits per heavy atom. The molecule has 182 valence electrons. The summed E-state index contributed by atoms with van der Waals surface area (Å²) in [6.07, 6.45) is 5.49. The fourth-order valence-electron chi connectivity index (χ4n) is 5.24. The quantitative estimate of drug-likeness (QED) is 0.556. The molecule has 0 radical (unpaired) electrons. The van der Waals surface area contributed by atoms with E-state index in [4.69, 9.17) is 0 Å². The van der Waals surface area contributed by atoms with E-state index in [0.29, 0.717) is 19.1 Å². The number of carbonyl (C=O) groups excluding carboxylic acids is 3. The van der Waals surface area contributed by atoms with Crippen LogP contribution >= 0.6 is 0 Å². The maximum atomic E-state index is 13.3. The summed E-state index contributed by atoms with van der Waals surface area (Å²) in [4.78, 5) is 43.8. The van der Waals surface area contributed by atoms with Gasteiger partial charge in [-0.15, -0.1) is 0 Å². The van der Waals surface area contributed by atoms with E-state index in [9.17, 15) is 14.4 Å². The summed E-state index contributed by atoms with van der Waals surface area (Å²) in [6.45, 7) is 14.7. The SMILES string of the molecule is CC[C@@H](C)NC(=O)CN1CCN(CN2C(=O)NC3(CCC(C(C)(C)CC)CC3)C2=O)CC1. The van der Waals surface area contributed by atoms with Crippen LogP contribution in [0.5, 0.6) is 0 Å². The van der Waals surface area contributed by atoms with Gasteiger partial charge >= 0.3 is 6.03 Å². The van der Waals surface area contributed by atoms with Gasteiger partial charge in [-0.1, -0.05) is 34.1 Å². The first-order valence-electron chi connectivity index (χ1n) is 12.5. The van der Waals surface area contributed by atoms with Crippen LogP contribution in [-0.4, -0.2) is 83.5 Å². The maximum absolute atomic E-state index is 13.3. The molecule has 8 nitrogen and oxygen atoms in total.